The van der Waals surface area contributed by atoms with Gasteiger partial charge in [0.1, 0.15) is 0 Å². The van der Waals surface area contributed by atoms with Crippen LogP contribution < -0.4 is 0 Å². The molecule has 1 aliphatic rings. The predicted octanol–water partition coefficient (Wildman–Crippen LogP) is 8.19. The first-order chi connectivity index (χ1) is 15.7. The van der Waals surface area contributed by atoms with Crippen LogP contribution in [0.2, 0.25) is 0 Å². The molecule has 1 aliphatic heterocycles. The van der Waals surface area contributed by atoms with Gasteiger partial charge in [0.05, 0.1) is 16.7 Å². The van der Waals surface area contributed by atoms with E-state index in [2.05, 4.69) is 77.7 Å². The van der Waals surface area contributed by atoms with Crippen LogP contribution in [-0.2, 0) is 0 Å². The molecular weight excluding hydrogens is 408 g/mol. The van der Waals surface area contributed by atoms with Gasteiger partial charge in [0.25, 0.3) is 0 Å². The Labute approximate surface area is 192 Å². The van der Waals surface area contributed by atoms with Crippen molar-refractivity contribution in [2.45, 2.75) is 4.90 Å². The molecule has 0 saturated carbocycles. The highest BCUT2D eigenvalue weighted by Gasteiger charge is 2.13. The molecule has 0 fully saturated rings. The first-order valence-corrected chi connectivity index (χ1v) is 11.3. The molecule has 5 rings (SSSR count). The molecule has 3 aromatic carbocycles. The van der Waals surface area contributed by atoms with Crippen molar-refractivity contribution in [2.24, 2.45) is 0 Å². The average Bonchev–Trinajstić information content (AvgIpc) is 3.15. The monoisotopic (exact) mass is 430 g/mol. The molecule has 0 saturated heterocycles. The lowest BCUT2D eigenvalue weighted by molar-refractivity contribution is 1.25. The van der Waals surface area contributed by atoms with Crippen LogP contribution in [0, 0.1) is 5.41 Å². The van der Waals surface area contributed by atoms with Gasteiger partial charge in [-0.05, 0) is 58.0 Å². The number of benzene rings is 3. The Hall–Kier alpha value is -3.82. The van der Waals surface area contributed by atoms with E-state index in [1.54, 1.807) is 11.8 Å². The number of allylic oxidation sites excluding steroid dienone is 7. The van der Waals surface area contributed by atoms with Crippen molar-refractivity contribution in [3.05, 3.63) is 121 Å². The van der Waals surface area contributed by atoms with Gasteiger partial charge in [-0.3, -0.25) is 0 Å². The molecule has 154 valence electrons. The molecule has 2 nitrogen and oxygen atoms in total. The number of thioether (sulfide) groups is 1. The van der Waals surface area contributed by atoms with Crippen LogP contribution in [0.1, 0.15) is 11.1 Å². The minimum Gasteiger partial charge on any atom is -0.308 e. The fraction of sp³-hybridized carbons (Fsp3) is 0. The summed E-state index contributed by atoms with van der Waals surface area (Å²) in [7, 11) is 0. The smallest absolute Gasteiger partial charge is 0.0643 e. The SMILES string of the molecule is C=C(/C=C(\C=N)n1c2ccccc2c2ccccc21)c1ccc2c(c1)C(=C)/C=C\C=C/S2. The highest BCUT2D eigenvalue weighted by molar-refractivity contribution is 8.02. The number of hydrogen-bond donors (Lipinski definition) is 1. The molecule has 0 radical (unpaired) electrons. The van der Waals surface area contributed by atoms with E-state index in [9.17, 15) is 0 Å². The topological polar surface area (TPSA) is 28.8 Å². The summed E-state index contributed by atoms with van der Waals surface area (Å²) in [4.78, 5) is 1.17. The molecule has 0 unspecified atom stereocenters. The molecule has 1 N–H and O–H groups in total. The molecular formula is C29H22N2S. The Morgan fingerprint density at radius 3 is 2.28 bits per heavy atom. The van der Waals surface area contributed by atoms with Crippen LogP contribution in [0.15, 0.2) is 114 Å². The number of nitrogens with zero attached hydrogens (tertiary/aromatic N) is 1. The fourth-order valence-electron chi connectivity index (χ4n) is 4.14. The van der Waals surface area contributed by atoms with Crippen molar-refractivity contribution in [1.29, 1.82) is 5.41 Å². The zero-order valence-corrected chi connectivity index (χ0v) is 18.4. The molecule has 32 heavy (non-hydrogen) atoms. The summed E-state index contributed by atoms with van der Waals surface area (Å²) in [6.45, 7) is 8.56. The van der Waals surface area contributed by atoms with Crippen molar-refractivity contribution >= 4 is 56.6 Å². The van der Waals surface area contributed by atoms with E-state index in [0.717, 1.165) is 39.0 Å². The van der Waals surface area contributed by atoms with Crippen molar-refractivity contribution < 1.29 is 0 Å². The Kier molecular flexibility index (Phi) is 5.26. The summed E-state index contributed by atoms with van der Waals surface area (Å²) < 4.78 is 2.14. The zero-order valence-electron chi connectivity index (χ0n) is 17.6. The zero-order chi connectivity index (χ0) is 22.1. The fourth-order valence-corrected chi connectivity index (χ4v) is 4.92. The first kappa shape index (κ1) is 20.1. The van der Waals surface area contributed by atoms with Crippen LogP contribution >= 0.6 is 11.8 Å². The molecule has 3 heteroatoms. The van der Waals surface area contributed by atoms with Gasteiger partial charge in [-0.1, -0.05) is 85.6 Å². The maximum atomic E-state index is 8.19. The van der Waals surface area contributed by atoms with E-state index >= 15 is 0 Å². The molecule has 0 bridgehead atoms. The van der Waals surface area contributed by atoms with E-state index in [0.29, 0.717) is 0 Å². The van der Waals surface area contributed by atoms with Crippen LogP contribution in [0.4, 0.5) is 0 Å². The highest BCUT2D eigenvalue weighted by atomic mass is 32.2. The van der Waals surface area contributed by atoms with Gasteiger partial charge in [-0.25, -0.2) is 0 Å². The Morgan fingerprint density at radius 2 is 1.59 bits per heavy atom. The van der Waals surface area contributed by atoms with E-state index in [-0.39, 0.29) is 0 Å². The summed E-state index contributed by atoms with van der Waals surface area (Å²) in [5.41, 5.74) is 6.89. The van der Waals surface area contributed by atoms with Crippen molar-refractivity contribution in [3.63, 3.8) is 0 Å². The Balaban J connectivity index is 1.63. The summed E-state index contributed by atoms with van der Waals surface area (Å²) in [5, 5.41) is 12.6. The lowest BCUT2D eigenvalue weighted by Crippen LogP contribution is -1.98. The molecule has 1 aromatic heterocycles. The third kappa shape index (κ3) is 3.47. The molecule has 2 heterocycles. The largest absolute Gasteiger partial charge is 0.308 e. The lowest BCUT2D eigenvalue weighted by Gasteiger charge is -2.13. The number of aromatic nitrogens is 1. The third-order valence-corrected chi connectivity index (χ3v) is 6.59. The van der Waals surface area contributed by atoms with Crippen LogP contribution in [0.25, 0.3) is 38.6 Å². The maximum Gasteiger partial charge on any atom is 0.0643 e. The van der Waals surface area contributed by atoms with E-state index < -0.39 is 0 Å². The molecule has 4 aromatic rings. The van der Waals surface area contributed by atoms with Gasteiger partial charge in [-0.2, -0.15) is 0 Å². The number of para-hydroxylation sites is 2. The third-order valence-electron chi connectivity index (χ3n) is 5.69. The normalized spacial score (nSPS) is 15.8. The quantitative estimate of drug-likeness (QED) is 0.257. The maximum absolute atomic E-state index is 8.19. The minimum absolute atomic E-state index is 0.773. The molecule has 0 atom stereocenters. The second-order valence-corrected chi connectivity index (χ2v) is 8.60. The average molecular weight is 431 g/mol. The van der Waals surface area contributed by atoms with Crippen molar-refractivity contribution in [1.82, 2.24) is 4.57 Å². The Morgan fingerprint density at radius 1 is 0.906 bits per heavy atom. The summed E-state index contributed by atoms with van der Waals surface area (Å²) in [6.07, 6.45) is 9.45. The van der Waals surface area contributed by atoms with Crippen molar-refractivity contribution in [2.75, 3.05) is 0 Å². The van der Waals surface area contributed by atoms with Crippen LogP contribution in [0.3, 0.4) is 0 Å². The van der Waals surface area contributed by atoms with E-state index in [1.165, 1.54) is 21.9 Å². The second-order valence-electron chi connectivity index (χ2n) is 7.65. The van der Waals surface area contributed by atoms with Gasteiger partial charge in [-0.15, -0.1) is 0 Å². The molecule has 0 spiro atoms. The van der Waals surface area contributed by atoms with Gasteiger partial charge in [0, 0.05) is 21.9 Å². The molecule has 0 amide bonds. The van der Waals surface area contributed by atoms with Crippen LogP contribution in [0.5, 0.6) is 0 Å². The van der Waals surface area contributed by atoms with Crippen molar-refractivity contribution in [3.8, 4) is 0 Å². The van der Waals surface area contributed by atoms with E-state index in [4.69, 9.17) is 5.41 Å². The Bertz CT molecular complexity index is 1440. The highest BCUT2D eigenvalue weighted by Crippen LogP contribution is 2.35. The minimum atomic E-state index is 0.773. The van der Waals surface area contributed by atoms with Gasteiger partial charge in [0.2, 0.25) is 0 Å². The molecule has 0 aliphatic carbocycles. The number of rotatable bonds is 4. The summed E-state index contributed by atoms with van der Waals surface area (Å²) in [6, 6.07) is 23.0. The van der Waals surface area contributed by atoms with Gasteiger partial charge < -0.3 is 9.98 Å². The lowest BCUT2D eigenvalue weighted by atomic mass is 9.99. The second kappa shape index (κ2) is 8.37. The number of nitrogens with one attached hydrogen (secondary N) is 1. The standard InChI is InChI=1S/C29H22N2S/c1-20-9-7-8-16-32-29-15-14-22(18-26(20)29)21(2)17-23(19-30)31-27-12-5-3-10-24(27)25-11-4-6-13-28(25)31/h3-19,30H,1-2H2/b9-7-,16-8-,23-17+,30-19?. The van der Waals surface area contributed by atoms with Gasteiger partial charge in [0.15, 0.2) is 0 Å². The van der Waals surface area contributed by atoms with Crippen LogP contribution in [-0.4, -0.2) is 10.8 Å². The predicted molar refractivity (Wildman–Crippen MR) is 141 cm³/mol. The van der Waals surface area contributed by atoms with E-state index in [1.807, 2.05) is 36.4 Å². The number of fused-ring (bicyclic) bond motifs is 4. The van der Waals surface area contributed by atoms with Gasteiger partial charge >= 0.3 is 0 Å². The number of hydrogen-bond acceptors (Lipinski definition) is 2. The summed E-state index contributed by atoms with van der Waals surface area (Å²) >= 11 is 1.69. The summed E-state index contributed by atoms with van der Waals surface area (Å²) in [5.74, 6) is 0. The first-order valence-electron chi connectivity index (χ1n) is 10.4.